The highest BCUT2D eigenvalue weighted by Crippen LogP contribution is 2.23. The molecule has 0 aliphatic rings. The molecule has 5 nitrogen and oxygen atoms in total. The third kappa shape index (κ3) is 3.33. The van der Waals surface area contributed by atoms with Gasteiger partial charge in [-0.3, -0.25) is 0 Å². The number of carboxylic acids is 1. The highest BCUT2D eigenvalue weighted by molar-refractivity contribution is 7.99. The van der Waals surface area contributed by atoms with Crippen LogP contribution in [0.1, 0.15) is 13.3 Å². The number of fused-ring (bicyclic) bond motifs is 1. The molecule has 1 heterocycles. The lowest BCUT2D eigenvalue weighted by molar-refractivity contribution is -0.132. The first kappa shape index (κ1) is 14.5. The van der Waals surface area contributed by atoms with E-state index >= 15 is 0 Å². The molecule has 0 radical (unpaired) electrons. The molecule has 0 aliphatic heterocycles. The van der Waals surface area contributed by atoms with Crippen molar-refractivity contribution in [3.63, 3.8) is 0 Å². The van der Waals surface area contributed by atoms with E-state index in [0.29, 0.717) is 17.7 Å². The summed E-state index contributed by atoms with van der Waals surface area (Å²) < 4.78 is 5.16. The standard InChI is InChI=1S/C14H16N2O3S/c1-3-9(13(17)18)6-7-20-14-15-11-5-4-10(19-2)8-12(11)16-14/h4-6,8H,3,7H2,1-2H3,(H,15,16)(H,17,18). The summed E-state index contributed by atoms with van der Waals surface area (Å²) in [5.41, 5.74) is 2.20. The Labute approximate surface area is 121 Å². The maximum atomic E-state index is 10.9. The number of rotatable bonds is 6. The molecule has 0 bridgehead atoms. The lowest BCUT2D eigenvalue weighted by Crippen LogP contribution is -1.99. The van der Waals surface area contributed by atoms with Crippen LogP contribution < -0.4 is 4.74 Å². The summed E-state index contributed by atoms with van der Waals surface area (Å²) in [6, 6.07) is 5.63. The molecule has 20 heavy (non-hydrogen) atoms. The van der Waals surface area contributed by atoms with Crippen molar-refractivity contribution in [3.05, 3.63) is 29.8 Å². The second-order valence-electron chi connectivity index (χ2n) is 4.12. The summed E-state index contributed by atoms with van der Waals surface area (Å²) in [4.78, 5) is 18.5. The summed E-state index contributed by atoms with van der Waals surface area (Å²) in [6.07, 6.45) is 2.24. The number of carbonyl (C=O) groups is 1. The molecule has 0 atom stereocenters. The van der Waals surface area contributed by atoms with E-state index in [2.05, 4.69) is 9.97 Å². The van der Waals surface area contributed by atoms with Crippen molar-refractivity contribution in [1.29, 1.82) is 0 Å². The third-order valence-corrected chi connectivity index (χ3v) is 3.67. The minimum Gasteiger partial charge on any atom is -0.497 e. The number of methoxy groups -OCH3 is 1. The van der Waals surface area contributed by atoms with Crippen molar-refractivity contribution < 1.29 is 14.6 Å². The zero-order chi connectivity index (χ0) is 14.5. The van der Waals surface area contributed by atoms with Gasteiger partial charge in [-0.05, 0) is 18.6 Å². The van der Waals surface area contributed by atoms with Crippen molar-refractivity contribution >= 4 is 28.8 Å². The first-order chi connectivity index (χ1) is 9.63. The van der Waals surface area contributed by atoms with Gasteiger partial charge < -0.3 is 14.8 Å². The van der Waals surface area contributed by atoms with Crippen molar-refractivity contribution in [2.75, 3.05) is 12.9 Å². The molecule has 6 heteroatoms. The second kappa shape index (κ2) is 6.47. The van der Waals surface area contributed by atoms with Gasteiger partial charge in [-0.2, -0.15) is 0 Å². The van der Waals surface area contributed by atoms with Gasteiger partial charge >= 0.3 is 5.97 Å². The number of benzene rings is 1. The van der Waals surface area contributed by atoms with Crippen LogP contribution in [0.25, 0.3) is 11.0 Å². The minimum atomic E-state index is -0.859. The van der Waals surface area contributed by atoms with Gasteiger partial charge in [0.05, 0.1) is 18.1 Å². The number of nitrogens with zero attached hydrogens (tertiary/aromatic N) is 1. The molecule has 0 saturated carbocycles. The van der Waals surface area contributed by atoms with Gasteiger partial charge in [0, 0.05) is 17.4 Å². The first-order valence-electron chi connectivity index (χ1n) is 6.23. The Morgan fingerprint density at radius 2 is 2.35 bits per heavy atom. The molecule has 0 unspecified atom stereocenters. The zero-order valence-electron chi connectivity index (χ0n) is 11.3. The fourth-order valence-corrected chi connectivity index (χ4v) is 2.55. The van der Waals surface area contributed by atoms with E-state index in [1.807, 2.05) is 25.1 Å². The maximum Gasteiger partial charge on any atom is 0.331 e. The van der Waals surface area contributed by atoms with Crippen molar-refractivity contribution in [2.45, 2.75) is 18.5 Å². The highest BCUT2D eigenvalue weighted by atomic mass is 32.2. The molecule has 2 rings (SSSR count). The lowest BCUT2D eigenvalue weighted by Gasteiger charge is -1.97. The molecule has 106 valence electrons. The molecule has 0 amide bonds. The number of aromatic nitrogens is 2. The van der Waals surface area contributed by atoms with Crippen LogP contribution in [0.5, 0.6) is 5.75 Å². The molecule has 0 fully saturated rings. The fraction of sp³-hybridized carbons (Fsp3) is 0.286. The monoisotopic (exact) mass is 292 g/mol. The Kier molecular flexibility index (Phi) is 4.68. The molecular weight excluding hydrogens is 276 g/mol. The summed E-state index contributed by atoms with van der Waals surface area (Å²) in [5, 5.41) is 9.70. The van der Waals surface area contributed by atoms with Crippen LogP contribution >= 0.6 is 11.8 Å². The average Bonchev–Trinajstić information content (AvgIpc) is 2.84. The Balaban J connectivity index is 2.08. The number of aliphatic carboxylic acids is 1. The van der Waals surface area contributed by atoms with E-state index in [-0.39, 0.29) is 0 Å². The molecular formula is C14H16N2O3S. The van der Waals surface area contributed by atoms with Gasteiger partial charge in [0.15, 0.2) is 5.16 Å². The van der Waals surface area contributed by atoms with E-state index in [0.717, 1.165) is 21.9 Å². The Hall–Kier alpha value is -1.95. The van der Waals surface area contributed by atoms with Crippen molar-refractivity contribution in [1.82, 2.24) is 9.97 Å². The Morgan fingerprint density at radius 1 is 1.55 bits per heavy atom. The van der Waals surface area contributed by atoms with Crippen LogP contribution in [0.2, 0.25) is 0 Å². The molecule has 1 aromatic carbocycles. The molecule has 0 saturated heterocycles. The summed E-state index contributed by atoms with van der Waals surface area (Å²) in [7, 11) is 1.62. The lowest BCUT2D eigenvalue weighted by atomic mass is 10.2. The SMILES string of the molecule is CCC(=CCSc1nc2ccc(OC)cc2[nH]1)C(=O)O. The van der Waals surface area contributed by atoms with Crippen LogP contribution in [0.4, 0.5) is 0 Å². The molecule has 2 aromatic rings. The number of H-pyrrole nitrogens is 1. The van der Waals surface area contributed by atoms with Gasteiger partial charge in [-0.1, -0.05) is 24.8 Å². The van der Waals surface area contributed by atoms with Crippen LogP contribution in [-0.2, 0) is 4.79 Å². The normalized spacial score (nSPS) is 11.8. The minimum absolute atomic E-state index is 0.426. The van der Waals surface area contributed by atoms with Gasteiger partial charge in [0.1, 0.15) is 5.75 Å². The summed E-state index contributed by atoms with van der Waals surface area (Å²) in [6.45, 7) is 1.83. The number of ether oxygens (including phenoxy) is 1. The largest absolute Gasteiger partial charge is 0.497 e. The zero-order valence-corrected chi connectivity index (χ0v) is 12.2. The Morgan fingerprint density at radius 3 is 3.00 bits per heavy atom. The fourth-order valence-electron chi connectivity index (χ4n) is 1.76. The van der Waals surface area contributed by atoms with Crippen molar-refractivity contribution in [3.8, 4) is 5.75 Å². The van der Waals surface area contributed by atoms with Crippen LogP contribution in [0.3, 0.4) is 0 Å². The average molecular weight is 292 g/mol. The van der Waals surface area contributed by atoms with Gasteiger partial charge in [-0.25, -0.2) is 9.78 Å². The van der Waals surface area contributed by atoms with E-state index in [9.17, 15) is 4.79 Å². The number of aromatic amines is 1. The number of nitrogens with one attached hydrogen (secondary N) is 1. The van der Waals surface area contributed by atoms with Gasteiger partial charge in [-0.15, -0.1) is 0 Å². The van der Waals surface area contributed by atoms with Crippen LogP contribution in [0.15, 0.2) is 35.0 Å². The van der Waals surface area contributed by atoms with Gasteiger partial charge in [0.25, 0.3) is 0 Å². The number of imidazole rings is 1. The summed E-state index contributed by atoms with van der Waals surface area (Å²) >= 11 is 1.47. The number of carboxylic acid groups (broad SMARTS) is 1. The molecule has 0 aliphatic carbocycles. The predicted molar refractivity (Wildman–Crippen MR) is 79.4 cm³/mol. The second-order valence-corrected chi connectivity index (χ2v) is 5.13. The van der Waals surface area contributed by atoms with E-state index < -0.39 is 5.97 Å². The Bertz CT molecular complexity index is 649. The molecule has 0 spiro atoms. The quantitative estimate of drug-likeness (QED) is 0.632. The highest BCUT2D eigenvalue weighted by Gasteiger charge is 2.06. The maximum absolute atomic E-state index is 10.9. The number of hydrogen-bond donors (Lipinski definition) is 2. The summed E-state index contributed by atoms with van der Waals surface area (Å²) in [5.74, 6) is 0.492. The smallest absolute Gasteiger partial charge is 0.331 e. The van der Waals surface area contributed by atoms with E-state index in [1.54, 1.807) is 13.2 Å². The predicted octanol–water partition coefficient (Wildman–Crippen LogP) is 3.08. The topological polar surface area (TPSA) is 75.2 Å². The molecule has 1 aromatic heterocycles. The van der Waals surface area contributed by atoms with Crippen molar-refractivity contribution in [2.24, 2.45) is 0 Å². The van der Waals surface area contributed by atoms with Crippen LogP contribution in [-0.4, -0.2) is 33.9 Å². The first-order valence-corrected chi connectivity index (χ1v) is 7.21. The van der Waals surface area contributed by atoms with Crippen LogP contribution in [0, 0.1) is 0 Å². The number of hydrogen-bond acceptors (Lipinski definition) is 4. The van der Waals surface area contributed by atoms with E-state index in [1.165, 1.54) is 11.8 Å². The van der Waals surface area contributed by atoms with Gasteiger partial charge in [0.2, 0.25) is 0 Å². The third-order valence-electron chi connectivity index (χ3n) is 2.87. The van der Waals surface area contributed by atoms with E-state index in [4.69, 9.17) is 9.84 Å². The molecule has 2 N–H and O–H groups in total. The number of thioether (sulfide) groups is 1.